The minimum atomic E-state index is -3.61. The number of hydrogen-bond acceptors (Lipinski definition) is 4. The van der Waals surface area contributed by atoms with Gasteiger partial charge in [0.25, 0.3) is 0 Å². The molecule has 0 aromatic rings. The van der Waals surface area contributed by atoms with E-state index >= 15 is 0 Å². The standard InChI is InChI=1S/C12H23NO4S/c1-12(2,11(14)15)18(16,17)9-7-10-6-4-5-8-13(10)3/h10H,4-9H2,1-3H3,(H,14,15). The van der Waals surface area contributed by atoms with Crippen molar-refractivity contribution in [3.8, 4) is 0 Å². The van der Waals surface area contributed by atoms with Crippen molar-refractivity contribution in [3.05, 3.63) is 0 Å². The van der Waals surface area contributed by atoms with Gasteiger partial charge >= 0.3 is 5.97 Å². The number of carbonyl (C=O) groups is 1. The van der Waals surface area contributed by atoms with Gasteiger partial charge in [-0.25, -0.2) is 8.42 Å². The molecule has 0 aromatic heterocycles. The fourth-order valence-corrected chi connectivity index (χ4v) is 3.55. The highest BCUT2D eigenvalue weighted by Crippen LogP contribution is 2.23. The molecule has 1 N–H and O–H groups in total. The second kappa shape index (κ2) is 5.57. The van der Waals surface area contributed by atoms with E-state index in [1.54, 1.807) is 0 Å². The molecule has 1 saturated heterocycles. The van der Waals surface area contributed by atoms with Gasteiger partial charge in [0.05, 0.1) is 5.75 Å². The van der Waals surface area contributed by atoms with Crippen LogP contribution in [0.15, 0.2) is 0 Å². The van der Waals surface area contributed by atoms with Gasteiger partial charge in [-0.15, -0.1) is 0 Å². The lowest BCUT2D eigenvalue weighted by atomic mass is 10.0. The summed E-state index contributed by atoms with van der Waals surface area (Å²) in [4.78, 5) is 13.2. The zero-order valence-electron chi connectivity index (χ0n) is 11.3. The summed E-state index contributed by atoms with van der Waals surface area (Å²) in [6, 6.07) is 0.262. The third-order valence-corrected chi connectivity index (χ3v) is 6.44. The third kappa shape index (κ3) is 3.23. The Hall–Kier alpha value is -0.620. The van der Waals surface area contributed by atoms with Crippen LogP contribution in [0.1, 0.15) is 39.5 Å². The van der Waals surface area contributed by atoms with Crippen molar-refractivity contribution >= 4 is 15.8 Å². The summed E-state index contributed by atoms with van der Waals surface area (Å²) >= 11 is 0. The zero-order chi connectivity index (χ0) is 14.0. The van der Waals surface area contributed by atoms with Crippen LogP contribution < -0.4 is 0 Å². The van der Waals surface area contributed by atoms with Crippen molar-refractivity contribution in [3.63, 3.8) is 0 Å². The van der Waals surface area contributed by atoms with Crippen LogP contribution in [0.3, 0.4) is 0 Å². The summed E-state index contributed by atoms with van der Waals surface area (Å²) in [5.41, 5.74) is 0. The average molecular weight is 277 g/mol. The summed E-state index contributed by atoms with van der Waals surface area (Å²) in [7, 11) is -1.61. The highest BCUT2D eigenvalue weighted by molar-refractivity contribution is 7.93. The van der Waals surface area contributed by atoms with Crippen LogP contribution in [0.25, 0.3) is 0 Å². The van der Waals surface area contributed by atoms with Gasteiger partial charge in [-0.3, -0.25) is 4.79 Å². The van der Waals surface area contributed by atoms with E-state index in [0.717, 1.165) is 25.8 Å². The molecule has 1 unspecified atom stereocenters. The molecule has 0 spiro atoms. The van der Waals surface area contributed by atoms with Crippen LogP contribution in [0.2, 0.25) is 0 Å². The topological polar surface area (TPSA) is 74.7 Å². The van der Waals surface area contributed by atoms with Crippen LogP contribution >= 0.6 is 0 Å². The van der Waals surface area contributed by atoms with E-state index in [1.165, 1.54) is 13.8 Å². The van der Waals surface area contributed by atoms with Gasteiger partial charge < -0.3 is 10.0 Å². The van der Waals surface area contributed by atoms with E-state index in [4.69, 9.17) is 5.11 Å². The first-order valence-corrected chi connectivity index (χ1v) is 7.99. The molecule has 106 valence electrons. The van der Waals surface area contributed by atoms with E-state index in [-0.39, 0.29) is 11.8 Å². The first-order valence-electron chi connectivity index (χ1n) is 6.34. The van der Waals surface area contributed by atoms with Crippen molar-refractivity contribution in [2.24, 2.45) is 0 Å². The van der Waals surface area contributed by atoms with Crippen LogP contribution in [0, 0.1) is 0 Å². The van der Waals surface area contributed by atoms with E-state index in [0.29, 0.717) is 6.42 Å². The fraction of sp³-hybridized carbons (Fsp3) is 0.917. The highest BCUT2D eigenvalue weighted by atomic mass is 32.2. The number of carboxylic acids is 1. The smallest absolute Gasteiger partial charge is 0.324 e. The lowest BCUT2D eigenvalue weighted by Crippen LogP contribution is -2.44. The Bertz CT molecular complexity index is 402. The molecule has 0 aromatic carbocycles. The Labute approximate surface area is 109 Å². The van der Waals surface area contributed by atoms with Gasteiger partial charge in [0.2, 0.25) is 0 Å². The molecule has 0 radical (unpaired) electrons. The minimum absolute atomic E-state index is 0.0543. The summed E-state index contributed by atoms with van der Waals surface area (Å²) in [6.07, 6.45) is 3.80. The Morgan fingerprint density at radius 3 is 2.50 bits per heavy atom. The van der Waals surface area contributed by atoms with Crippen molar-refractivity contribution < 1.29 is 18.3 Å². The van der Waals surface area contributed by atoms with Crippen molar-refractivity contribution in [1.29, 1.82) is 0 Å². The maximum Gasteiger partial charge on any atom is 0.324 e. The second-order valence-corrected chi connectivity index (χ2v) is 8.21. The average Bonchev–Trinajstić information content (AvgIpc) is 2.27. The molecule has 18 heavy (non-hydrogen) atoms. The Balaban J connectivity index is 2.64. The summed E-state index contributed by atoms with van der Waals surface area (Å²) in [5, 5.41) is 8.98. The molecule has 6 heteroatoms. The fourth-order valence-electron chi connectivity index (χ4n) is 2.19. The largest absolute Gasteiger partial charge is 0.480 e. The molecule has 1 heterocycles. The van der Waals surface area contributed by atoms with Gasteiger partial charge in [-0.2, -0.15) is 0 Å². The molecule has 1 fully saturated rings. The highest BCUT2D eigenvalue weighted by Gasteiger charge is 2.41. The monoisotopic (exact) mass is 277 g/mol. The summed E-state index contributed by atoms with van der Waals surface area (Å²) in [6.45, 7) is 3.51. The molecule has 0 saturated carbocycles. The number of hydrogen-bond donors (Lipinski definition) is 1. The first-order chi connectivity index (χ1) is 8.18. The molecule has 1 aliphatic heterocycles. The lowest BCUT2D eigenvalue weighted by molar-refractivity contribution is -0.139. The van der Waals surface area contributed by atoms with E-state index in [2.05, 4.69) is 4.90 Å². The molecule has 5 nitrogen and oxygen atoms in total. The van der Waals surface area contributed by atoms with Crippen molar-refractivity contribution in [2.75, 3.05) is 19.3 Å². The lowest BCUT2D eigenvalue weighted by Gasteiger charge is -2.33. The van der Waals surface area contributed by atoms with Crippen LogP contribution in [0.5, 0.6) is 0 Å². The van der Waals surface area contributed by atoms with Crippen molar-refractivity contribution in [2.45, 2.75) is 50.3 Å². The summed E-state index contributed by atoms with van der Waals surface area (Å²) < 4.78 is 22.4. The predicted molar refractivity (Wildman–Crippen MR) is 70.4 cm³/mol. The van der Waals surface area contributed by atoms with Gasteiger partial charge in [-0.05, 0) is 46.7 Å². The number of aliphatic carboxylic acids is 1. The Morgan fingerprint density at radius 1 is 1.39 bits per heavy atom. The van der Waals surface area contributed by atoms with Crippen molar-refractivity contribution in [1.82, 2.24) is 4.90 Å². The third-order valence-electron chi connectivity index (χ3n) is 3.93. The molecular weight excluding hydrogens is 254 g/mol. The van der Waals surface area contributed by atoms with Gasteiger partial charge in [-0.1, -0.05) is 6.42 Å². The van der Waals surface area contributed by atoms with Gasteiger partial charge in [0, 0.05) is 6.04 Å². The number of rotatable bonds is 5. The first kappa shape index (κ1) is 15.4. The molecule has 0 bridgehead atoms. The maximum absolute atomic E-state index is 12.0. The normalized spacial score (nSPS) is 22.9. The zero-order valence-corrected chi connectivity index (χ0v) is 12.2. The Kier molecular flexibility index (Phi) is 4.78. The number of likely N-dealkylation sites (tertiary alicyclic amines) is 1. The van der Waals surface area contributed by atoms with Crippen LogP contribution in [0.4, 0.5) is 0 Å². The number of piperidine rings is 1. The minimum Gasteiger partial charge on any atom is -0.480 e. The van der Waals surface area contributed by atoms with Gasteiger partial charge in [0.15, 0.2) is 14.6 Å². The molecular formula is C12H23NO4S. The Morgan fingerprint density at radius 2 is 2.00 bits per heavy atom. The second-order valence-electron chi connectivity index (χ2n) is 5.55. The molecule has 1 atom stereocenters. The SMILES string of the molecule is CN1CCCCC1CCS(=O)(=O)C(C)(C)C(=O)O. The van der Waals surface area contributed by atoms with E-state index in [9.17, 15) is 13.2 Å². The van der Waals surface area contributed by atoms with Crippen LogP contribution in [-0.2, 0) is 14.6 Å². The molecule has 0 aliphatic carbocycles. The summed E-state index contributed by atoms with van der Waals surface area (Å²) in [5.74, 6) is -1.33. The number of carboxylic acid groups (broad SMARTS) is 1. The number of nitrogens with zero attached hydrogens (tertiary/aromatic N) is 1. The van der Waals surface area contributed by atoms with Crippen LogP contribution in [-0.4, -0.2) is 54.5 Å². The molecule has 0 amide bonds. The number of sulfone groups is 1. The maximum atomic E-state index is 12.0. The molecule has 1 rings (SSSR count). The molecule has 1 aliphatic rings. The van der Waals surface area contributed by atoms with E-state index < -0.39 is 20.6 Å². The van der Waals surface area contributed by atoms with E-state index in [1.807, 2.05) is 7.05 Å². The predicted octanol–water partition coefficient (Wildman–Crippen LogP) is 1.14. The quantitative estimate of drug-likeness (QED) is 0.815. The van der Waals surface area contributed by atoms with Gasteiger partial charge in [0.1, 0.15) is 0 Å².